The summed E-state index contributed by atoms with van der Waals surface area (Å²) in [6.07, 6.45) is 0. The number of para-hydroxylation sites is 3. The molecule has 0 unspecified atom stereocenters. The van der Waals surface area contributed by atoms with Gasteiger partial charge in [-0.3, -0.25) is 0 Å². The maximum Gasteiger partial charge on any atom is 0.0561 e. The first-order valence-corrected chi connectivity index (χ1v) is 14.9. The van der Waals surface area contributed by atoms with Crippen molar-refractivity contribution in [3.63, 3.8) is 0 Å². The monoisotopic (exact) mass is 594 g/mol. The fourth-order valence-electron chi connectivity index (χ4n) is 5.85. The molecule has 190 valence electrons. The lowest BCUT2D eigenvalue weighted by atomic mass is 10.1. The molecule has 0 bridgehead atoms. The number of hydrogen-bond donors (Lipinski definition) is 0. The highest BCUT2D eigenvalue weighted by atomic mass is 79.9. The van der Waals surface area contributed by atoms with Crippen molar-refractivity contribution in [1.82, 2.24) is 4.57 Å². The number of fused-ring (bicyclic) bond motifs is 6. The van der Waals surface area contributed by atoms with Crippen molar-refractivity contribution in [2.45, 2.75) is 0 Å². The first kappa shape index (κ1) is 23.5. The van der Waals surface area contributed by atoms with E-state index in [-0.39, 0.29) is 0 Å². The van der Waals surface area contributed by atoms with Crippen LogP contribution < -0.4 is 4.90 Å². The lowest BCUT2D eigenvalue weighted by Gasteiger charge is -2.26. The van der Waals surface area contributed by atoms with Crippen molar-refractivity contribution in [3.8, 4) is 5.69 Å². The molecule has 0 aliphatic heterocycles. The van der Waals surface area contributed by atoms with E-state index in [4.69, 9.17) is 0 Å². The Bertz CT molecular complexity index is 2180. The van der Waals surface area contributed by atoms with Gasteiger partial charge in [-0.2, -0.15) is 0 Å². The van der Waals surface area contributed by atoms with Crippen LogP contribution in [-0.4, -0.2) is 4.57 Å². The lowest BCUT2D eigenvalue weighted by Crippen LogP contribution is -2.09. The summed E-state index contributed by atoms with van der Waals surface area (Å²) in [6.45, 7) is 0. The Morgan fingerprint density at radius 3 is 1.93 bits per heavy atom. The lowest BCUT2D eigenvalue weighted by molar-refractivity contribution is 1.18. The van der Waals surface area contributed by atoms with E-state index in [0.29, 0.717) is 0 Å². The highest BCUT2D eigenvalue weighted by Gasteiger charge is 2.18. The Balaban J connectivity index is 1.39. The van der Waals surface area contributed by atoms with Crippen LogP contribution in [0.15, 0.2) is 144 Å². The number of benzene rings is 6. The van der Waals surface area contributed by atoms with Gasteiger partial charge in [-0.05, 0) is 78.9 Å². The molecule has 0 aliphatic rings. The highest BCUT2D eigenvalue weighted by Crippen LogP contribution is 2.42. The van der Waals surface area contributed by atoms with E-state index in [1.165, 1.54) is 42.0 Å². The molecular weight excluding hydrogens is 572 g/mol. The molecule has 0 spiro atoms. The predicted molar refractivity (Wildman–Crippen MR) is 176 cm³/mol. The molecule has 0 N–H and O–H groups in total. The molecule has 0 saturated heterocycles. The Labute approximate surface area is 244 Å². The number of anilines is 3. The quantitative estimate of drug-likeness (QED) is 0.197. The van der Waals surface area contributed by atoms with Crippen LogP contribution in [0.25, 0.3) is 47.7 Å². The van der Waals surface area contributed by atoms with Gasteiger partial charge in [0.25, 0.3) is 0 Å². The van der Waals surface area contributed by atoms with Gasteiger partial charge >= 0.3 is 0 Å². The van der Waals surface area contributed by atoms with Gasteiger partial charge < -0.3 is 9.47 Å². The van der Waals surface area contributed by atoms with Crippen molar-refractivity contribution in [3.05, 3.63) is 144 Å². The van der Waals surface area contributed by atoms with Crippen molar-refractivity contribution in [1.29, 1.82) is 0 Å². The standard InChI is InChI=1S/C36H23BrN2S/c37-24-15-19-35-31(21-24)32-22-27(17-20-36(32)40-35)38(25-9-3-1-4-10-25)28-16-18-30-29-13-7-8-14-33(29)39(34(30)23-28)26-11-5-2-6-12-26/h1-23H. The zero-order valence-corrected chi connectivity index (χ0v) is 23.9. The Hall–Kier alpha value is -4.38. The van der Waals surface area contributed by atoms with Crippen LogP contribution in [0, 0.1) is 0 Å². The van der Waals surface area contributed by atoms with Gasteiger partial charge in [-0.25, -0.2) is 0 Å². The molecule has 8 aromatic rings. The number of halogens is 1. The summed E-state index contributed by atoms with van der Waals surface area (Å²) in [5, 5.41) is 5.07. The second-order valence-electron chi connectivity index (χ2n) is 9.98. The topological polar surface area (TPSA) is 8.17 Å². The summed E-state index contributed by atoms with van der Waals surface area (Å²) in [4.78, 5) is 2.37. The van der Waals surface area contributed by atoms with Crippen LogP contribution in [0.1, 0.15) is 0 Å². The SMILES string of the molecule is Brc1ccc2sc3ccc(N(c4ccccc4)c4ccc5c6ccccc6n(-c6ccccc6)c5c4)cc3c2c1. The molecule has 0 fully saturated rings. The fraction of sp³-hybridized carbons (Fsp3) is 0. The zero-order valence-electron chi connectivity index (χ0n) is 21.5. The third kappa shape index (κ3) is 3.75. The second-order valence-corrected chi connectivity index (χ2v) is 12.0. The van der Waals surface area contributed by atoms with Crippen LogP contribution in [0.5, 0.6) is 0 Å². The Kier molecular flexibility index (Phi) is 5.51. The van der Waals surface area contributed by atoms with Gasteiger partial charge in [0.2, 0.25) is 0 Å². The highest BCUT2D eigenvalue weighted by molar-refractivity contribution is 9.10. The van der Waals surface area contributed by atoms with Crippen molar-refractivity contribution >= 4 is 86.3 Å². The van der Waals surface area contributed by atoms with Gasteiger partial charge in [-0.15, -0.1) is 11.3 Å². The van der Waals surface area contributed by atoms with Gasteiger partial charge in [0, 0.05) is 58.2 Å². The number of thiophene rings is 1. The summed E-state index contributed by atoms with van der Waals surface area (Å²) >= 11 is 5.52. The van der Waals surface area contributed by atoms with E-state index in [2.05, 4.69) is 165 Å². The first-order valence-electron chi connectivity index (χ1n) is 13.3. The number of hydrogen-bond acceptors (Lipinski definition) is 2. The largest absolute Gasteiger partial charge is 0.310 e. The average molecular weight is 596 g/mol. The van der Waals surface area contributed by atoms with Crippen LogP contribution in [-0.2, 0) is 0 Å². The molecule has 2 aromatic heterocycles. The molecule has 0 saturated carbocycles. The molecule has 0 aliphatic carbocycles. The van der Waals surface area contributed by atoms with Gasteiger partial charge in [0.1, 0.15) is 0 Å². The summed E-state index contributed by atoms with van der Waals surface area (Å²) in [5.41, 5.74) is 6.96. The van der Waals surface area contributed by atoms with Gasteiger partial charge in [0.15, 0.2) is 0 Å². The van der Waals surface area contributed by atoms with Crippen LogP contribution in [0.2, 0.25) is 0 Å². The molecule has 0 amide bonds. The van der Waals surface area contributed by atoms with Gasteiger partial charge in [-0.1, -0.05) is 76.6 Å². The molecular formula is C36H23BrN2S. The van der Waals surface area contributed by atoms with Crippen LogP contribution in [0.3, 0.4) is 0 Å². The maximum atomic E-state index is 3.68. The minimum absolute atomic E-state index is 1.10. The summed E-state index contributed by atoms with van der Waals surface area (Å²) in [7, 11) is 0. The number of rotatable bonds is 4. The third-order valence-corrected chi connectivity index (χ3v) is 9.26. The third-order valence-electron chi connectivity index (χ3n) is 7.62. The molecule has 8 rings (SSSR count). The first-order chi connectivity index (χ1) is 19.7. The van der Waals surface area contributed by atoms with Crippen molar-refractivity contribution < 1.29 is 0 Å². The van der Waals surface area contributed by atoms with E-state index < -0.39 is 0 Å². The zero-order chi connectivity index (χ0) is 26.6. The van der Waals surface area contributed by atoms with E-state index in [9.17, 15) is 0 Å². The minimum Gasteiger partial charge on any atom is -0.310 e. The number of aromatic nitrogens is 1. The average Bonchev–Trinajstić information content (AvgIpc) is 3.53. The predicted octanol–water partition coefficient (Wildman–Crippen LogP) is 11.4. The second kappa shape index (κ2) is 9.37. The van der Waals surface area contributed by atoms with Crippen LogP contribution >= 0.6 is 27.3 Å². The summed E-state index contributed by atoms with van der Waals surface area (Å²) < 4.78 is 6.08. The van der Waals surface area contributed by atoms with E-state index >= 15 is 0 Å². The summed E-state index contributed by atoms with van der Waals surface area (Å²) in [6, 6.07) is 50.3. The van der Waals surface area contributed by atoms with Gasteiger partial charge in [0.05, 0.1) is 11.0 Å². The molecule has 4 heteroatoms. The minimum atomic E-state index is 1.10. The molecule has 0 atom stereocenters. The van der Waals surface area contributed by atoms with Crippen LogP contribution in [0.4, 0.5) is 17.1 Å². The van der Waals surface area contributed by atoms with E-state index in [0.717, 1.165) is 27.2 Å². The smallest absolute Gasteiger partial charge is 0.0561 e. The fourth-order valence-corrected chi connectivity index (χ4v) is 7.28. The van der Waals surface area contributed by atoms with E-state index in [1.807, 2.05) is 11.3 Å². The Morgan fingerprint density at radius 2 is 1.10 bits per heavy atom. The Morgan fingerprint density at radius 1 is 0.475 bits per heavy atom. The van der Waals surface area contributed by atoms with Crippen molar-refractivity contribution in [2.24, 2.45) is 0 Å². The number of nitrogens with zero attached hydrogens (tertiary/aromatic N) is 2. The van der Waals surface area contributed by atoms with Crippen molar-refractivity contribution in [2.75, 3.05) is 4.90 Å². The normalized spacial score (nSPS) is 11.6. The molecule has 6 aromatic carbocycles. The molecule has 2 heterocycles. The molecule has 2 nitrogen and oxygen atoms in total. The van der Waals surface area contributed by atoms with E-state index in [1.54, 1.807) is 0 Å². The molecule has 40 heavy (non-hydrogen) atoms. The molecule has 0 radical (unpaired) electrons. The maximum absolute atomic E-state index is 3.68. The summed E-state index contributed by atoms with van der Waals surface area (Å²) in [5.74, 6) is 0.